The van der Waals surface area contributed by atoms with Gasteiger partial charge in [0.2, 0.25) is 0 Å². The van der Waals surface area contributed by atoms with Crippen molar-refractivity contribution in [2.45, 2.75) is 13.3 Å². The van der Waals surface area contributed by atoms with Crippen LogP contribution in [0.15, 0.2) is 11.4 Å². The number of amides is 1. The molecule has 3 nitrogen and oxygen atoms in total. The summed E-state index contributed by atoms with van der Waals surface area (Å²) in [6, 6.07) is 2.06. The Bertz CT molecular complexity index is 348. The Morgan fingerprint density at radius 3 is 2.81 bits per heavy atom. The average Bonchev–Trinajstić information content (AvgIpc) is 2.77. The number of hydrogen-bond acceptors (Lipinski definition) is 3. The van der Waals surface area contributed by atoms with Gasteiger partial charge in [-0.05, 0) is 23.4 Å². The Morgan fingerprint density at radius 1 is 1.50 bits per heavy atom. The summed E-state index contributed by atoms with van der Waals surface area (Å²) in [5.41, 5.74) is 1.18. The summed E-state index contributed by atoms with van der Waals surface area (Å²) in [6.45, 7) is 5.59. The molecule has 90 valence electrons. The molecule has 0 atom stereocenters. The highest BCUT2D eigenvalue weighted by atomic mass is 35.5. The normalized spacial score (nSPS) is 15.7. The van der Waals surface area contributed by atoms with Gasteiger partial charge in [0.05, 0.1) is 4.88 Å². The highest BCUT2D eigenvalue weighted by molar-refractivity contribution is 7.12. The first kappa shape index (κ1) is 13.5. The van der Waals surface area contributed by atoms with E-state index in [1.165, 1.54) is 5.56 Å². The number of thiophene rings is 1. The van der Waals surface area contributed by atoms with E-state index in [2.05, 4.69) is 18.3 Å². The molecular formula is C11H17ClN2OS. The van der Waals surface area contributed by atoms with Crippen molar-refractivity contribution in [3.63, 3.8) is 0 Å². The van der Waals surface area contributed by atoms with Crippen molar-refractivity contribution in [2.24, 2.45) is 0 Å². The fourth-order valence-corrected chi connectivity index (χ4v) is 2.78. The maximum absolute atomic E-state index is 12.1. The van der Waals surface area contributed by atoms with Crippen LogP contribution in [0.25, 0.3) is 0 Å². The number of piperazine rings is 1. The lowest BCUT2D eigenvalue weighted by Gasteiger charge is -2.27. The van der Waals surface area contributed by atoms with Crippen LogP contribution < -0.4 is 5.32 Å². The number of halogens is 1. The lowest BCUT2D eigenvalue weighted by molar-refractivity contribution is 0.0740. The van der Waals surface area contributed by atoms with Crippen LogP contribution in [0.1, 0.15) is 22.2 Å². The zero-order valence-corrected chi connectivity index (χ0v) is 11.0. The third-order valence-electron chi connectivity index (χ3n) is 2.73. The zero-order chi connectivity index (χ0) is 10.7. The number of nitrogens with zero attached hydrogens (tertiary/aromatic N) is 1. The smallest absolute Gasteiger partial charge is 0.264 e. The van der Waals surface area contributed by atoms with Crippen LogP contribution in [-0.2, 0) is 6.42 Å². The standard InChI is InChI=1S/C11H16N2OS.ClH/c1-2-9-3-8-15-10(9)11(14)13-6-4-12-5-7-13;/h3,8,12H,2,4-7H2,1H3;1H. The number of aryl methyl sites for hydroxylation is 1. The van der Waals surface area contributed by atoms with Crippen molar-refractivity contribution >= 4 is 29.7 Å². The number of hydrogen-bond donors (Lipinski definition) is 1. The Labute approximate surface area is 106 Å². The Kier molecular flexibility index (Phi) is 5.25. The largest absolute Gasteiger partial charge is 0.335 e. The van der Waals surface area contributed by atoms with Crippen LogP contribution >= 0.6 is 23.7 Å². The molecule has 1 aliphatic rings. The van der Waals surface area contributed by atoms with E-state index < -0.39 is 0 Å². The van der Waals surface area contributed by atoms with E-state index in [1.807, 2.05) is 10.3 Å². The molecule has 1 N–H and O–H groups in total. The second-order valence-electron chi connectivity index (χ2n) is 3.67. The molecule has 0 aliphatic carbocycles. The van der Waals surface area contributed by atoms with Gasteiger partial charge in [-0.3, -0.25) is 4.79 Å². The minimum Gasteiger partial charge on any atom is -0.335 e. The van der Waals surface area contributed by atoms with Gasteiger partial charge in [0.15, 0.2) is 0 Å². The topological polar surface area (TPSA) is 32.3 Å². The van der Waals surface area contributed by atoms with E-state index in [0.29, 0.717) is 0 Å². The first-order valence-corrected chi connectivity index (χ1v) is 6.27. The first-order chi connectivity index (χ1) is 7.33. The van der Waals surface area contributed by atoms with Crippen LogP contribution in [0, 0.1) is 0 Å². The zero-order valence-electron chi connectivity index (χ0n) is 9.36. The molecule has 0 bridgehead atoms. The predicted molar refractivity (Wildman–Crippen MR) is 69.7 cm³/mol. The first-order valence-electron chi connectivity index (χ1n) is 5.39. The predicted octanol–water partition coefficient (Wildman–Crippen LogP) is 1.78. The summed E-state index contributed by atoms with van der Waals surface area (Å²) in [4.78, 5) is 15.0. The summed E-state index contributed by atoms with van der Waals surface area (Å²) in [5, 5.41) is 5.26. The van der Waals surface area contributed by atoms with Crippen LogP contribution in [0.2, 0.25) is 0 Å². The van der Waals surface area contributed by atoms with Gasteiger partial charge >= 0.3 is 0 Å². The SMILES string of the molecule is CCc1ccsc1C(=O)N1CCNCC1.Cl. The molecule has 1 saturated heterocycles. The number of nitrogens with one attached hydrogen (secondary N) is 1. The van der Waals surface area contributed by atoms with Gasteiger partial charge in [0, 0.05) is 26.2 Å². The van der Waals surface area contributed by atoms with Crippen LogP contribution in [0.4, 0.5) is 0 Å². The van der Waals surface area contributed by atoms with Crippen LogP contribution in [0.5, 0.6) is 0 Å². The molecule has 1 aliphatic heterocycles. The third-order valence-corrected chi connectivity index (χ3v) is 3.67. The van der Waals surface area contributed by atoms with E-state index in [4.69, 9.17) is 0 Å². The van der Waals surface area contributed by atoms with Gasteiger partial charge in [-0.25, -0.2) is 0 Å². The molecule has 0 radical (unpaired) electrons. The maximum atomic E-state index is 12.1. The molecule has 2 heterocycles. The summed E-state index contributed by atoms with van der Waals surface area (Å²) in [5.74, 6) is 0.211. The Hall–Kier alpha value is -0.580. The van der Waals surface area contributed by atoms with Gasteiger partial charge in [-0.1, -0.05) is 6.92 Å². The number of carbonyl (C=O) groups is 1. The highest BCUT2D eigenvalue weighted by Gasteiger charge is 2.20. The summed E-state index contributed by atoms with van der Waals surface area (Å²) < 4.78 is 0. The van der Waals surface area contributed by atoms with E-state index in [1.54, 1.807) is 11.3 Å². The maximum Gasteiger partial charge on any atom is 0.264 e. The van der Waals surface area contributed by atoms with Crippen molar-refractivity contribution in [3.05, 3.63) is 21.9 Å². The second-order valence-corrected chi connectivity index (χ2v) is 4.59. The number of carbonyl (C=O) groups excluding carboxylic acids is 1. The minimum atomic E-state index is 0. The molecule has 0 unspecified atom stereocenters. The highest BCUT2D eigenvalue weighted by Crippen LogP contribution is 2.19. The van der Waals surface area contributed by atoms with Crippen molar-refractivity contribution in [3.8, 4) is 0 Å². The van der Waals surface area contributed by atoms with Crippen molar-refractivity contribution in [1.82, 2.24) is 10.2 Å². The monoisotopic (exact) mass is 260 g/mol. The summed E-state index contributed by atoms with van der Waals surface area (Å²) in [7, 11) is 0. The number of rotatable bonds is 2. The molecule has 16 heavy (non-hydrogen) atoms. The quantitative estimate of drug-likeness (QED) is 0.879. The Balaban J connectivity index is 0.00000128. The molecule has 1 aromatic heterocycles. The van der Waals surface area contributed by atoms with Crippen LogP contribution in [-0.4, -0.2) is 37.0 Å². The van der Waals surface area contributed by atoms with E-state index in [9.17, 15) is 4.79 Å². The molecule has 1 fully saturated rings. The van der Waals surface area contributed by atoms with E-state index in [0.717, 1.165) is 37.5 Å². The molecule has 0 saturated carbocycles. The van der Waals surface area contributed by atoms with Gasteiger partial charge < -0.3 is 10.2 Å². The van der Waals surface area contributed by atoms with E-state index in [-0.39, 0.29) is 18.3 Å². The molecular weight excluding hydrogens is 244 g/mol. The van der Waals surface area contributed by atoms with Gasteiger partial charge in [0.1, 0.15) is 0 Å². The lowest BCUT2D eigenvalue weighted by Crippen LogP contribution is -2.46. The van der Waals surface area contributed by atoms with Gasteiger partial charge in [-0.15, -0.1) is 23.7 Å². The summed E-state index contributed by atoms with van der Waals surface area (Å²) >= 11 is 1.56. The fourth-order valence-electron chi connectivity index (χ4n) is 1.81. The molecule has 5 heteroatoms. The average molecular weight is 261 g/mol. The fraction of sp³-hybridized carbons (Fsp3) is 0.545. The molecule has 0 spiro atoms. The molecule has 1 amide bonds. The second kappa shape index (κ2) is 6.23. The van der Waals surface area contributed by atoms with Crippen molar-refractivity contribution in [1.29, 1.82) is 0 Å². The van der Waals surface area contributed by atoms with Crippen LogP contribution in [0.3, 0.4) is 0 Å². The van der Waals surface area contributed by atoms with Crippen molar-refractivity contribution < 1.29 is 4.79 Å². The third kappa shape index (κ3) is 2.75. The summed E-state index contributed by atoms with van der Waals surface area (Å²) in [6.07, 6.45) is 0.941. The lowest BCUT2D eigenvalue weighted by atomic mass is 10.2. The Morgan fingerprint density at radius 2 is 2.19 bits per heavy atom. The molecule has 2 rings (SSSR count). The van der Waals surface area contributed by atoms with Crippen molar-refractivity contribution in [2.75, 3.05) is 26.2 Å². The van der Waals surface area contributed by atoms with E-state index >= 15 is 0 Å². The minimum absolute atomic E-state index is 0. The van der Waals surface area contributed by atoms with Gasteiger partial charge in [0.25, 0.3) is 5.91 Å². The molecule has 0 aromatic carbocycles. The molecule has 1 aromatic rings. The van der Waals surface area contributed by atoms with Gasteiger partial charge in [-0.2, -0.15) is 0 Å².